The first-order chi connectivity index (χ1) is 12.2. The Morgan fingerprint density at radius 2 is 1.36 bits per heavy atom. The Morgan fingerprint density at radius 3 is 1.80 bits per heavy atom. The fourth-order valence-corrected chi connectivity index (χ4v) is 2.89. The van der Waals surface area contributed by atoms with Crippen LogP contribution in [0.3, 0.4) is 0 Å². The van der Waals surface area contributed by atoms with E-state index in [-0.39, 0.29) is 5.43 Å². The Labute approximate surface area is 145 Å². The molecule has 25 heavy (non-hydrogen) atoms. The third-order valence-corrected chi connectivity index (χ3v) is 4.15. The van der Waals surface area contributed by atoms with Gasteiger partial charge < -0.3 is 4.57 Å². The monoisotopic (exact) mass is 327 g/mol. The van der Waals surface area contributed by atoms with Crippen LogP contribution in [0.15, 0.2) is 83.9 Å². The SMILES string of the molecule is Cc1cc(-n2cc(-c3ccccc3)c(=O)c(-c3ccccc3)c2)n[nH]1. The van der Waals surface area contributed by atoms with E-state index in [0.717, 1.165) is 22.6 Å². The van der Waals surface area contributed by atoms with E-state index >= 15 is 0 Å². The van der Waals surface area contributed by atoms with E-state index in [1.165, 1.54) is 0 Å². The Morgan fingerprint density at radius 1 is 0.840 bits per heavy atom. The highest BCUT2D eigenvalue weighted by Crippen LogP contribution is 2.22. The van der Waals surface area contributed by atoms with Gasteiger partial charge in [-0.3, -0.25) is 9.89 Å². The van der Waals surface area contributed by atoms with Crippen molar-refractivity contribution in [2.45, 2.75) is 6.92 Å². The van der Waals surface area contributed by atoms with Crippen LogP contribution in [0, 0.1) is 6.92 Å². The van der Waals surface area contributed by atoms with E-state index in [4.69, 9.17) is 0 Å². The average Bonchev–Trinajstić information content (AvgIpc) is 3.10. The van der Waals surface area contributed by atoms with Gasteiger partial charge in [0, 0.05) is 35.3 Å². The smallest absolute Gasteiger partial charge is 0.197 e. The van der Waals surface area contributed by atoms with Gasteiger partial charge >= 0.3 is 0 Å². The van der Waals surface area contributed by atoms with Crippen molar-refractivity contribution in [2.75, 3.05) is 0 Å². The molecular weight excluding hydrogens is 310 g/mol. The van der Waals surface area contributed by atoms with Crippen LogP contribution < -0.4 is 5.43 Å². The zero-order valence-corrected chi connectivity index (χ0v) is 13.8. The molecule has 0 fully saturated rings. The molecule has 0 atom stereocenters. The first-order valence-corrected chi connectivity index (χ1v) is 8.12. The summed E-state index contributed by atoms with van der Waals surface area (Å²) in [6.07, 6.45) is 3.69. The van der Waals surface area contributed by atoms with Crippen LogP contribution in [0.5, 0.6) is 0 Å². The normalized spacial score (nSPS) is 10.8. The highest BCUT2D eigenvalue weighted by atomic mass is 16.1. The lowest BCUT2D eigenvalue weighted by Crippen LogP contribution is -2.12. The molecule has 0 unspecified atom stereocenters. The molecule has 0 aliphatic heterocycles. The summed E-state index contributed by atoms with van der Waals surface area (Å²) < 4.78 is 1.90. The topological polar surface area (TPSA) is 50.7 Å². The lowest BCUT2D eigenvalue weighted by Gasteiger charge is -2.11. The zero-order chi connectivity index (χ0) is 17.2. The van der Waals surface area contributed by atoms with Crippen LogP contribution in [0.2, 0.25) is 0 Å². The number of pyridine rings is 1. The van der Waals surface area contributed by atoms with Crippen molar-refractivity contribution in [1.82, 2.24) is 14.8 Å². The molecule has 1 N–H and O–H groups in total. The lowest BCUT2D eigenvalue weighted by atomic mass is 10.0. The fraction of sp³-hybridized carbons (Fsp3) is 0.0476. The van der Waals surface area contributed by atoms with Gasteiger partial charge in [0.05, 0.1) is 0 Å². The van der Waals surface area contributed by atoms with Crippen LogP contribution in [-0.2, 0) is 0 Å². The van der Waals surface area contributed by atoms with Crippen molar-refractivity contribution in [3.8, 4) is 28.1 Å². The summed E-state index contributed by atoms with van der Waals surface area (Å²) in [5.41, 5.74) is 4.08. The van der Waals surface area contributed by atoms with Crippen molar-refractivity contribution >= 4 is 0 Å². The van der Waals surface area contributed by atoms with Crippen molar-refractivity contribution in [3.63, 3.8) is 0 Å². The molecule has 4 nitrogen and oxygen atoms in total. The molecule has 0 radical (unpaired) electrons. The number of rotatable bonds is 3. The molecule has 0 aliphatic carbocycles. The Bertz CT molecular complexity index is 1000. The Hall–Kier alpha value is -3.40. The van der Waals surface area contributed by atoms with E-state index in [9.17, 15) is 4.79 Å². The van der Waals surface area contributed by atoms with Gasteiger partial charge in [-0.25, -0.2) is 0 Å². The summed E-state index contributed by atoms with van der Waals surface area (Å²) in [5, 5.41) is 7.27. The summed E-state index contributed by atoms with van der Waals surface area (Å²) in [6, 6.07) is 21.4. The number of nitrogens with one attached hydrogen (secondary N) is 1. The minimum absolute atomic E-state index is 0.0147. The number of aromatic amines is 1. The Kier molecular flexibility index (Phi) is 3.78. The van der Waals surface area contributed by atoms with Gasteiger partial charge in [-0.15, -0.1) is 0 Å². The number of benzene rings is 2. The van der Waals surface area contributed by atoms with E-state index in [1.54, 1.807) is 0 Å². The number of aromatic nitrogens is 3. The third kappa shape index (κ3) is 2.90. The third-order valence-electron chi connectivity index (χ3n) is 4.15. The molecule has 0 saturated heterocycles. The van der Waals surface area contributed by atoms with Crippen molar-refractivity contribution in [1.29, 1.82) is 0 Å². The number of H-pyrrole nitrogens is 1. The predicted molar refractivity (Wildman–Crippen MR) is 99.8 cm³/mol. The van der Waals surface area contributed by atoms with Crippen LogP contribution in [-0.4, -0.2) is 14.8 Å². The highest BCUT2D eigenvalue weighted by molar-refractivity contribution is 5.72. The van der Waals surface area contributed by atoms with Crippen LogP contribution >= 0.6 is 0 Å². The molecule has 0 aliphatic rings. The van der Waals surface area contributed by atoms with Gasteiger partial charge in [0.2, 0.25) is 0 Å². The van der Waals surface area contributed by atoms with Crippen molar-refractivity contribution in [2.24, 2.45) is 0 Å². The predicted octanol–water partition coefficient (Wildman–Crippen LogP) is 4.20. The molecule has 4 heteroatoms. The minimum Gasteiger partial charge on any atom is -0.306 e. The first kappa shape index (κ1) is 15.1. The summed E-state index contributed by atoms with van der Waals surface area (Å²) in [7, 11) is 0. The lowest BCUT2D eigenvalue weighted by molar-refractivity contribution is 0.942. The molecule has 4 rings (SSSR count). The number of nitrogens with zero attached hydrogens (tertiary/aromatic N) is 2. The maximum absolute atomic E-state index is 13.1. The van der Waals surface area contributed by atoms with E-state index < -0.39 is 0 Å². The van der Waals surface area contributed by atoms with E-state index in [0.29, 0.717) is 11.1 Å². The maximum Gasteiger partial charge on any atom is 0.197 e. The number of aryl methyl sites for hydroxylation is 1. The second-order valence-electron chi connectivity index (χ2n) is 5.96. The summed E-state index contributed by atoms with van der Waals surface area (Å²) >= 11 is 0. The number of hydrogen-bond donors (Lipinski definition) is 1. The van der Waals surface area contributed by atoms with Gasteiger partial charge in [0.15, 0.2) is 11.2 Å². The molecule has 2 aromatic heterocycles. The minimum atomic E-state index is 0.0147. The molecule has 4 aromatic rings. The molecule has 0 amide bonds. The van der Waals surface area contributed by atoms with Crippen molar-refractivity contribution in [3.05, 3.63) is 95.0 Å². The summed E-state index contributed by atoms with van der Waals surface area (Å²) in [5.74, 6) is 0.756. The quantitative estimate of drug-likeness (QED) is 0.613. The highest BCUT2D eigenvalue weighted by Gasteiger charge is 2.13. The molecule has 2 aromatic carbocycles. The molecule has 0 saturated carbocycles. The average molecular weight is 327 g/mol. The second kappa shape index (κ2) is 6.24. The van der Waals surface area contributed by atoms with E-state index in [1.807, 2.05) is 90.6 Å². The molecule has 0 bridgehead atoms. The Balaban J connectivity index is 2.00. The zero-order valence-electron chi connectivity index (χ0n) is 13.8. The van der Waals surface area contributed by atoms with Crippen molar-refractivity contribution < 1.29 is 0 Å². The summed E-state index contributed by atoms with van der Waals surface area (Å²) in [4.78, 5) is 13.1. The standard InChI is InChI=1S/C21H17N3O/c1-15-12-20(23-22-15)24-13-18(16-8-4-2-5-9-16)21(25)19(14-24)17-10-6-3-7-11-17/h2-14H,1H3,(H,22,23). The summed E-state index contributed by atoms with van der Waals surface area (Å²) in [6.45, 7) is 1.95. The molecule has 2 heterocycles. The first-order valence-electron chi connectivity index (χ1n) is 8.12. The van der Waals surface area contributed by atoms with Crippen LogP contribution in [0.25, 0.3) is 28.1 Å². The molecule has 122 valence electrons. The maximum atomic E-state index is 13.1. The van der Waals surface area contributed by atoms with E-state index in [2.05, 4.69) is 10.2 Å². The van der Waals surface area contributed by atoms with Gasteiger partial charge in [0.25, 0.3) is 0 Å². The molecular formula is C21H17N3O. The fourth-order valence-electron chi connectivity index (χ4n) is 2.89. The largest absolute Gasteiger partial charge is 0.306 e. The van der Waals surface area contributed by atoms with Gasteiger partial charge in [-0.05, 0) is 18.1 Å². The van der Waals surface area contributed by atoms with Gasteiger partial charge in [-0.1, -0.05) is 60.7 Å². The van der Waals surface area contributed by atoms with Gasteiger partial charge in [0.1, 0.15) is 0 Å². The second-order valence-corrected chi connectivity index (χ2v) is 5.96. The molecule has 0 spiro atoms. The van der Waals surface area contributed by atoms with Gasteiger partial charge in [-0.2, -0.15) is 5.10 Å². The van der Waals surface area contributed by atoms with Crippen LogP contribution in [0.4, 0.5) is 0 Å². The van der Waals surface area contributed by atoms with Crippen LogP contribution in [0.1, 0.15) is 5.69 Å². The number of hydrogen-bond acceptors (Lipinski definition) is 2.